The first-order valence-corrected chi connectivity index (χ1v) is 12.3. The Bertz CT molecular complexity index is 1390. The van der Waals surface area contributed by atoms with Crippen molar-refractivity contribution < 1.29 is 38.9 Å². The van der Waals surface area contributed by atoms with E-state index in [2.05, 4.69) is 33.3 Å². The van der Waals surface area contributed by atoms with E-state index in [0.717, 1.165) is 47.9 Å². The quantitative estimate of drug-likeness (QED) is 0.251. The number of halogens is 6. The zero-order chi connectivity index (χ0) is 26.0. The van der Waals surface area contributed by atoms with Crippen LogP contribution in [0.4, 0.5) is 26.3 Å². The highest BCUT2D eigenvalue weighted by Gasteiger charge is 2.49. The van der Waals surface area contributed by atoms with Crippen LogP contribution in [-0.2, 0) is 36.2 Å². The van der Waals surface area contributed by atoms with E-state index in [4.69, 9.17) is 0 Å². The maximum absolute atomic E-state index is 13.5. The van der Waals surface area contributed by atoms with Crippen molar-refractivity contribution in [1.82, 2.24) is 20.0 Å². The molecule has 0 fully saturated rings. The Morgan fingerprint density at radius 3 is 2.37 bits per heavy atom. The van der Waals surface area contributed by atoms with Crippen molar-refractivity contribution in [3.05, 3.63) is 35.0 Å². The monoisotopic (exact) mass is 540 g/mol. The summed E-state index contributed by atoms with van der Waals surface area (Å²) in [5.41, 5.74) is -5.00. The van der Waals surface area contributed by atoms with E-state index in [9.17, 15) is 34.8 Å². The molecule has 0 N–H and O–H groups in total. The Hall–Kier alpha value is -2.68. The third-order valence-corrected chi connectivity index (χ3v) is 7.56. The van der Waals surface area contributed by atoms with Gasteiger partial charge in [0.25, 0.3) is 0 Å². The van der Waals surface area contributed by atoms with E-state index in [1.54, 1.807) is 11.7 Å². The number of hydrogen-bond acceptors (Lipinski definition) is 7. The molecular formula is C20H18F6N4O3S2. The van der Waals surface area contributed by atoms with Crippen molar-refractivity contribution in [2.75, 3.05) is 0 Å². The molecule has 0 atom stereocenters. The highest BCUT2D eigenvalue weighted by atomic mass is 32.2. The van der Waals surface area contributed by atoms with E-state index >= 15 is 0 Å². The molecule has 15 heteroatoms. The molecule has 0 saturated carbocycles. The minimum atomic E-state index is -6.29. The first kappa shape index (κ1) is 25.4. The molecule has 0 spiro atoms. The Kier molecular flexibility index (Phi) is 5.94. The second kappa shape index (κ2) is 8.18. The Morgan fingerprint density at radius 2 is 1.74 bits per heavy atom. The first-order chi connectivity index (χ1) is 16.0. The van der Waals surface area contributed by atoms with Gasteiger partial charge in [-0.15, -0.1) is 10.2 Å². The molecule has 35 heavy (non-hydrogen) atoms. The fourth-order valence-corrected chi connectivity index (χ4v) is 5.15. The lowest BCUT2D eigenvalue weighted by Crippen LogP contribution is -2.28. The summed E-state index contributed by atoms with van der Waals surface area (Å²) in [6, 6.07) is 1.96. The molecule has 0 aliphatic heterocycles. The maximum atomic E-state index is 13.5. The zero-order valence-electron chi connectivity index (χ0n) is 18.5. The van der Waals surface area contributed by atoms with Crippen LogP contribution in [0.15, 0.2) is 18.2 Å². The number of aryl methyl sites for hydroxylation is 1. The van der Waals surface area contributed by atoms with Crippen LogP contribution in [0.25, 0.3) is 21.3 Å². The number of nitrogens with zero attached hydrogens (tertiary/aromatic N) is 4. The van der Waals surface area contributed by atoms with Crippen molar-refractivity contribution in [2.45, 2.75) is 44.8 Å². The van der Waals surface area contributed by atoms with Gasteiger partial charge in [0.05, 0.1) is 5.56 Å². The van der Waals surface area contributed by atoms with Crippen LogP contribution in [0.1, 0.15) is 37.1 Å². The molecule has 190 valence electrons. The van der Waals surface area contributed by atoms with Gasteiger partial charge in [-0.3, -0.25) is 4.68 Å². The molecular weight excluding hydrogens is 522 g/mol. The smallest absolute Gasteiger partial charge is 0.375 e. The van der Waals surface area contributed by atoms with Gasteiger partial charge in [0.1, 0.15) is 10.7 Å². The summed E-state index contributed by atoms with van der Waals surface area (Å²) in [4.78, 5) is 0. The molecule has 3 aromatic rings. The van der Waals surface area contributed by atoms with Crippen LogP contribution in [0.3, 0.4) is 0 Å². The predicted molar refractivity (Wildman–Crippen MR) is 114 cm³/mol. The fourth-order valence-electron chi connectivity index (χ4n) is 3.82. The highest BCUT2D eigenvalue weighted by molar-refractivity contribution is 7.88. The molecule has 0 bridgehead atoms. The number of rotatable bonds is 4. The van der Waals surface area contributed by atoms with Crippen molar-refractivity contribution in [3.63, 3.8) is 0 Å². The van der Waals surface area contributed by atoms with Crippen LogP contribution in [-0.4, -0.2) is 33.9 Å². The molecule has 0 saturated heterocycles. The normalized spacial score (nSPS) is 16.3. The predicted octanol–water partition coefficient (Wildman–Crippen LogP) is 5.37. The van der Waals surface area contributed by atoms with Gasteiger partial charge in [-0.25, -0.2) is 0 Å². The molecule has 0 radical (unpaired) electrons. The molecule has 0 unspecified atom stereocenters. The lowest BCUT2D eigenvalue weighted by molar-refractivity contribution is -0.138. The van der Waals surface area contributed by atoms with Crippen molar-refractivity contribution in [2.24, 2.45) is 12.5 Å². The number of fused-ring (bicyclic) bond motifs is 1. The molecule has 7 nitrogen and oxygen atoms in total. The third kappa shape index (κ3) is 4.87. The Balaban J connectivity index is 1.71. The molecule has 1 aliphatic rings. The van der Waals surface area contributed by atoms with E-state index < -0.39 is 33.1 Å². The Labute approximate surface area is 199 Å². The van der Waals surface area contributed by atoms with E-state index in [1.807, 2.05) is 0 Å². The lowest BCUT2D eigenvalue weighted by Gasteiger charge is -2.29. The number of benzene rings is 1. The minimum Gasteiger partial charge on any atom is -0.375 e. The van der Waals surface area contributed by atoms with E-state index in [-0.39, 0.29) is 16.0 Å². The van der Waals surface area contributed by atoms with Gasteiger partial charge in [-0.05, 0) is 42.9 Å². The summed E-state index contributed by atoms with van der Waals surface area (Å²) in [6.45, 7) is 4.30. The Morgan fingerprint density at radius 1 is 1.09 bits per heavy atom. The van der Waals surface area contributed by atoms with E-state index in [1.165, 1.54) is 0 Å². The number of aromatic nitrogens is 4. The SMILES string of the molecule is Cn1nc(-c2nnc(-c3ccc(OS(=O)(=O)C(F)(F)F)c(C(F)(F)F)c3)s2)c2c1CC(C)(C)CC2. The standard InChI is InChI=1S/C20H18F6N4O3S2/c1-18(2)7-6-11-13(9-18)30(3)29-15(11)17-28-27-16(34-17)10-4-5-14(12(8-10)19(21,22)23)33-35(31,32)20(24,25)26/h4-5,8H,6-7,9H2,1-3H3. The molecule has 1 aliphatic carbocycles. The second-order valence-electron chi connectivity index (χ2n) is 8.84. The van der Waals surface area contributed by atoms with E-state index in [0.29, 0.717) is 22.8 Å². The van der Waals surface area contributed by atoms with Crippen LogP contribution >= 0.6 is 11.3 Å². The highest BCUT2D eigenvalue weighted by Crippen LogP contribution is 2.43. The topological polar surface area (TPSA) is 87.0 Å². The largest absolute Gasteiger partial charge is 0.534 e. The van der Waals surface area contributed by atoms with Gasteiger partial charge in [0.15, 0.2) is 10.8 Å². The summed E-state index contributed by atoms with van der Waals surface area (Å²) < 4.78 is 106. The summed E-state index contributed by atoms with van der Waals surface area (Å²) >= 11 is 0.963. The maximum Gasteiger partial charge on any atom is 0.534 e. The third-order valence-electron chi connectivity index (χ3n) is 5.62. The fraction of sp³-hybridized carbons (Fsp3) is 0.450. The van der Waals surface area contributed by atoms with Crippen molar-refractivity contribution in [1.29, 1.82) is 0 Å². The summed E-state index contributed by atoms with van der Waals surface area (Å²) in [5, 5.41) is 12.9. The molecule has 2 heterocycles. The zero-order valence-corrected chi connectivity index (χ0v) is 20.1. The second-order valence-corrected chi connectivity index (χ2v) is 11.4. The summed E-state index contributed by atoms with van der Waals surface area (Å²) in [5.74, 6) is -1.50. The average Bonchev–Trinajstić information content (AvgIpc) is 3.31. The minimum absolute atomic E-state index is 0.0475. The van der Waals surface area contributed by atoms with Crippen LogP contribution in [0.5, 0.6) is 5.75 Å². The average molecular weight is 541 g/mol. The first-order valence-electron chi connectivity index (χ1n) is 10.1. The van der Waals surface area contributed by atoms with Gasteiger partial charge in [0.2, 0.25) is 0 Å². The molecule has 0 amide bonds. The summed E-state index contributed by atoms with van der Waals surface area (Å²) in [7, 11) is -4.49. The van der Waals surface area contributed by atoms with Gasteiger partial charge >= 0.3 is 21.8 Å². The van der Waals surface area contributed by atoms with Crippen LogP contribution < -0.4 is 4.18 Å². The molecule has 4 rings (SSSR count). The van der Waals surface area contributed by atoms with Gasteiger partial charge in [-0.2, -0.15) is 39.9 Å². The molecule has 2 aromatic heterocycles. The molecule has 1 aromatic carbocycles. The van der Waals surface area contributed by atoms with Crippen LogP contribution in [0.2, 0.25) is 0 Å². The lowest BCUT2D eigenvalue weighted by atomic mass is 9.76. The van der Waals surface area contributed by atoms with Crippen molar-refractivity contribution in [3.8, 4) is 27.0 Å². The van der Waals surface area contributed by atoms with Crippen LogP contribution in [0, 0.1) is 5.41 Å². The number of alkyl halides is 6. The van der Waals surface area contributed by atoms with Gasteiger partial charge < -0.3 is 4.18 Å². The summed E-state index contributed by atoms with van der Waals surface area (Å²) in [6.07, 6.45) is -2.73. The number of hydrogen-bond donors (Lipinski definition) is 0. The van der Waals surface area contributed by atoms with Gasteiger partial charge in [-0.1, -0.05) is 25.2 Å². The van der Waals surface area contributed by atoms with Gasteiger partial charge in [0, 0.05) is 23.9 Å². The van der Waals surface area contributed by atoms with Crippen molar-refractivity contribution >= 4 is 21.5 Å².